The number of amides is 4. The van der Waals surface area contributed by atoms with Crippen molar-refractivity contribution in [1.82, 2.24) is 10.6 Å². The Balaban J connectivity index is 2.02. The Labute approximate surface area is 260 Å². The normalized spacial score (nSPS) is 14.0. The van der Waals surface area contributed by atoms with E-state index in [4.69, 9.17) is 11.5 Å². The van der Waals surface area contributed by atoms with Crippen molar-refractivity contribution in [3.8, 4) is 0 Å². The summed E-state index contributed by atoms with van der Waals surface area (Å²) < 4.78 is 1.99. The number of rotatable bonds is 15. The zero-order valence-corrected chi connectivity index (χ0v) is 28.5. The molecule has 2 rings (SSSR count). The third kappa shape index (κ3) is 11.9. The molecule has 0 aliphatic rings. The van der Waals surface area contributed by atoms with Crippen LogP contribution in [0, 0.1) is 11.8 Å². The predicted octanol–water partition coefficient (Wildman–Crippen LogP) is 0.594. The minimum atomic E-state index is -0.750. The molecular formula is C30H44N6O4Se2. The standard InChI is InChI=1S/C30H44N6O4Se2/c1-17(2)15-21(31)29(39)33-19(5)27(37)35-23-11-7-9-13-25(23)41-42-26-14-10-8-12-24(26)36-28(38)20(6)34-30(40)22(32)16-18(3)4/h7-14,17-22H,15-16,31-32H2,1-6H3,(H,33,39)(H,34,40)(H,35,37)(H,36,38)/t19-,20-,21-,22-/m0/s1. The average Bonchev–Trinajstić information content (AvgIpc) is 2.92. The number of hydrogen-bond donors (Lipinski definition) is 6. The first kappa shape index (κ1) is 35.5. The molecule has 0 unspecified atom stereocenters. The van der Waals surface area contributed by atoms with Crippen LogP contribution in [0.4, 0.5) is 11.4 Å². The average molecular weight is 711 g/mol. The number of hydrogen-bond acceptors (Lipinski definition) is 6. The summed E-state index contributed by atoms with van der Waals surface area (Å²) in [4.78, 5) is 50.5. The third-order valence-electron chi connectivity index (χ3n) is 6.14. The Kier molecular flexibility index (Phi) is 14.7. The minimum absolute atomic E-state index is 0.0345. The topological polar surface area (TPSA) is 168 Å². The molecule has 8 N–H and O–H groups in total. The van der Waals surface area contributed by atoms with Crippen LogP contribution >= 0.6 is 0 Å². The molecule has 2 aromatic rings. The van der Waals surface area contributed by atoms with Crippen molar-refractivity contribution in [2.45, 2.75) is 78.6 Å². The quantitative estimate of drug-likeness (QED) is 0.148. The van der Waals surface area contributed by atoms with E-state index in [1.54, 1.807) is 13.8 Å². The van der Waals surface area contributed by atoms with Crippen molar-refractivity contribution in [3.63, 3.8) is 0 Å². The Morgan fingerprint density at radius 3 is 1.26 bits per heavy atom. The SMILES string of the molecule is CC(C)C[C@H](N)C(=O)N[C@@H](C)C(=O)Nc1ccccc1[Se][Se]c1ccccc1NC(=O)[C@H](C)NC(=O)[C@@H](N)CC(C)C. The molecule has 0 bridgehead atoms. The summed E-state index contributed by atoms with van der Waals surface area (Å²) >= 11 is -0.0689. The van der Waals surface area contributed by atoms with Crippen molar-refractivity contribution in [2.24, 2.45) is 23.3 Å². The van der Waals surface area contributed by atoms with Crippen LogP contribution in [-0.4, -0.2) is 74.1 Å². The molecule has 2 aromatic carbocycles. The number of anilines is 2. The van der Waals surface area contributed by atoms with Crippen LogP contribution in [0.15, 0.2) is 48.5 Å². The molecule has 0 saturated heterocycles. The maximum atomic E-state index is 12.9. The Morgan fingerprint density at radius 2 is 0.929 bits per heavy atom. The van der Waals surface area contributed by atoms with Gasteiger partial charge in [0, 0.05) is 0 Å². The van der Waals surface area contributed by atoms with Gasteiger partial charge in [0.15, 0.2) is 0 Å². The first-order valence-electron chi connectivity index (χ1n) is 14.0. The molecule has 0 radical (unpaired) electrons. The molecular weight excluding hydrogens is 666 g/mol. The van der Waals surface area contributed by atoms with E-state index in [1.165, 1.54) is 0 Å². The van der Waals surface area contributed by atoms with Crippen LogP contribution in [0.5, 0.6) is 0 Å². The summed E-state index contributed by atoms with van der Waals surface area (Å²) in [7, 11) is 0. The van der Waals surface area contributed by atoms with E-state index in [9.17, 15) is 19.2 Å². The summed E-state index contributed by atoms with van der Waals surface area (Å²) in [5, 5.41) is 11.3. The van der Waals surface area contributed by atoms with Crippen molar-refractivity contribution < 1.29 is 19.2 Å². The Bertz CT molecular complexity index is 1130. The molecule has 0 spiro atoms. The van der Waals surface area contributed by atoms with E-state index in [0.717, 1.165) is 8.92 Å². The molecule has 0 saturated carbocycles. The molecule has 0 aromatic heterocycles. The van der Waals surface area contributed by atoms with E-state index >= 15 is 0 Å². The van der Waals surface area contributed by atoms with E-state index < -0.39 is 24.2 Å². The van der Waals surface area contributed by atoms with Gasteiger partial charge in [-0.25, -0.2) is 0 Å². The number of para-hydroxylation sites is 2. The van der Waals surface area contributed by atoms with E-state index in [1.807, 2.05) is 76.2 Å². The van der Waals surface area contributed by atoms with Crippen molar-refractivity contribution in [1.29, 1.82) is 0 Å². The van der Waals surface area contributed by atoms with Gasteiger partial charge in [0.05, 0.1) is 0 Å². The van der Waals surface area contributed by atoms with Crippen LogP contribution < -0.4 is 41.7 Å². The molecule has 10 nitrogen and oxygen atoms in total. The van der Waals surface area contributed by atoms with Crippen LogP contribution in [0.2, 0.25) is 0 Å². The zero-order valence-electron chi connectivity index (χ0n) is 25.1. The van der Waals surface area contributed by atoms with Crippen molar-refractivity contribution in [3.05, 3.63) is 48.5 Å². The summed E-state index contributed by atoms with van der Waals surface area (Å²) in [6.45, 7) is 11.2. The second-order valence-corrected chi connectivity index (χ2v) is 17.2. The van der Waals surface area contributed by atoms with Crippen LogP contribution in [0.1, 0.15) is 54.4 Å². The number of carbonyl (C=O) groups is 4. The number of nitrogens with two attached hydrogens (primary N) is 2. The Morgan fingerprint density at radius 1 is 0.595 bits per heavy atom. The number of nitrogens with one attached hydrogen (secondary N) is 4. The van der Waals surface area contributed by atoms with E-state index in [-0.39, 0.29) is 61.7 Å². The molecule has 4 amide bonds. The van der Waals surface area contributed by atoms with Gasteiger partial charge in [0.1, 0.15) is 0 Å². The Hall–Kier alpha value is -2.72. The fourth-order valence-electron chi connectivity index (χ4n) is 3.86. The first-order chi connectivity index (χ1) is 19.8. The summed E-state index contributed by atoms with van der Waals surface area (Å²) in [6, 6.07) is 12.3. The maximum absolute atomic E-state index is 12.9. The van der Waals surface area contributed by atoms with Gasteiger partial charge in [-0.05, 0) is 0 Å². The van der Waals surface area contributed by atoms with Gasteiger partial charge in [0.25, 0.3) is 0 Å². The molecule has 0 heterocycles. The molecule has 4 atom stereocenters. The van der Waals surface area contributed by atoms with Gasteiger partial charge in [0.2, 0.25) is 0 Å². The molecule has 0 aliphatic heterocycles. The fourth-order valence-corrected chi connectivity index (χ4v) is 10.8. The summed E-state index contributed by atoms with van der Waals surface area (Å²) in [5.41, 5.74) is 13.3. The van der Waals surface area contributed by atoms with Crippen molar-refractivity contribution >= 4 is 70.2 Å². The third-order valence-corrected chi connectivity index (χ3v) is 13.4. The predicted molar refractivity (Wildman–Crippen MR) is 171 cm³/mol. The number of benzene rings is 2. The summed E-state index contributed by atoms with van der Waals surface area (Å²) in [6.07, 6.45) is 1.07. The van der Waals surface area contributed by atoms with Gasteiger partial charge < -0.3 is 0 Å². The molecule has 230 valence electrons. The monoisotopic (exact) mass is 712 g/mol. The van der Waals surface area contributed by atoms with Gasteiger partial charge >= 0.3 is 261 Å². The van der Waals surface area contributed by atoms with Gasteiger partial charge in [-0.2, -0.15) is 0 Å². The van der Waals surface area contributed by atoms with Gasteiger partial charge in [-0.15, -0.1) is 0 Å². The first-order valence-corrected chi connectivity index (χ1v) is 20.1. The molecule has 42 heavy (non-hydrogen) atoms. The number of carbonyl (C=O) groups excluding carboxylic acids is 4. The van der Waals surface area contributed by atoms with Crippen LogP contribution in [-0.2, 0) is 19.2 Å². The summed E-state index contributed by atoms with van der Waals surface area (Å²) in [5.74, 6) is -0.810. The fraction of sp³-hybridized carbons (Fsp3) is 0.467. The van der Waals surface area contributed by atoms with Gasteiger partial charge in [-0.1, -0.05) is 0 Å². The van der Waals surface area contributed by atoms with E-state index in [0.29, 0.717) is 24.2 Å². The molecule has 0 fully saturated rings. The van der Waals surface area contributed by atoms with Gasteiger partial charge in [-0.3, -0.25) is 0 Å². The molecule has 0 aliphatic carbocycles. The van der Waals surface area contributed by atoms with Crippen LogP contribution in [0.25, 0.3) is 0 Å². The van der Waals surface area contributed by atoms with Crippen molar-refractivity contribution in [2.75, 3.05) is 10.6 Å². The van der Waals surface area contributed by atoms with Crippen LogP contribution in [0.3, 0.4) is 0 Å². The second-order valence-electron chi connectivity index (χ2n) is 11.1. The van der Waals surface area contributed by atoms with E-state index in [2.05, 4.69) is 21.3 Å². The zero-order chi connectivity index (χ0) is 31.4. The second kappa shape index (κ2) is 17.4. The molecule has 12 heteroatoms.